The quantitative estimate of drug-likeness (QED) is 0.865. The molecular formula is C20H25N3O. The molecule has 1 aliphatic rings. The molecule has 2 aromatic rings. The van der Waals surface area contributed by atoms with Crippen molar-refractivity contribution >= 4 is 11.6 Å². The molecule has 3 rings (SSSR count). The summed E-state index contributed by atoms with van der Waals surface area (Å²) in [6.45, 7) is 6.73. The molecule has 126 valence electrons. The van der Waals surface area contributed by atoms with E-state index in [2.05, 4.69) is 53.2 Å². The zero-order chi connectivity index (χ0) is 16.9. The minimum absolute atomic E-state index is 0.131. The van der Waals surface area contributed by atoms with Gasteiger partial charge >= 0.3 is 0 Å². The summed E-state index contributed by atoms with van der Waals surface area (Å²) in [5.41, 5.74) is 3.53. The number of carbonyl (C=O) groups excluding carboxylic acids is 1. The lowest BCUT2D eigenvalue weighted by atomic mass is 10.0. The zero-order valence-electron chi connectivity index (χ0n) is 14.5. The van der Waals surface area contributed by atoms with Crippen molar-refractivity contribution in [3.63, 3.8) is 0 Å². The Morgan fingerprint density at radius 2 is 1.75 bits per heavy atom. The van der Waals surface area contributed by atoms with Crippen LogP contribution in [-0.4, -0.2) is 34.9 Å². The third-order valence-electron chi connectivity index (χ3n) is 4.73. The van der Waals surface area contributed by atoms with Gasteiger partial charge in [-0.1, -0.05) is 17.7 Å². The molecule has 2 heterocycles. The number of anilines is 1. The van der Waals surface area contributed by atoms with Crippen molar-refractivity contribution < 1.29 is 4.79 Å². The molecule has 0 spiro atoms. The van der Waals surface area contributed by atoms with E-state index in [1.807, 2.05) is 17.3 Å². The SMILES string of the molecule is CC(=O)N(c1ccc(C)cc1)C1CCN(Cc2ccncc2)CC1. The number of hydrogen-bond donors (Lipinski definition) is 0. The van der Waals surface area contributed by atoms with Gasteiger partial charge in [0.15, 0.2) is 0 Å². The standard InChI is InChI=1S/C20H25N3O/c1-16-3-5-19(6-4-16)23(17(2)24)20-9-13-22(14-10-20)15-18-7-11-21-12-8-18/h3-8,11-12,20H,9-10,13-15H2,1-2H3. The first-order chi connectivity index (χ1) is 11.6. The molecule has 1 amide bonds. The smallest absolute Gasteiger partial charge is 0.224 e. The number of piperidine rings is 1. The molecule has 0 N–H and O–H groups in total. The van der Waals surface area contributed by atoms with E-state index in [9.17, 15) is 4.79 Å². The van der Waals surface area contributed by atoms with Crippen LogP contribution in [0.25, 0.3) is 0 Å². The number of hydrogen-bond acceptors (Lipinski definition) is 3. The highest BCUT2D eigenvalue weighted by Crippen LogP contribution is 2.25. The number of aryl methyl sites for hydroxylation is 1. The Kier molecular flexibility index (Phi) is 5.26. The molecule has 0 bridgehead atoms. The van der Waals surface area contributed by atoms with E-state index in [0.717, 1.165) is 38.2 Å². The number of nitrogens with zero attached hydrogens (tertiary/aromatic N) is 3. The number of carbonyl (C=O) groups is 1. The molecule has 0 atom stereocenters. The maximum absolute atomic E-state index is 12.2. The predicted molar refractivity (Wildman–Crippen MR) is 96.9 cm³/mol. The Labute approximate surface area is 144 Å². The first-order valence-corrected chi connectivity index (χ1v) is 8.61. The molecule has 4 heteroatoms. The molecule has 1 aromatic carbocycles. The molecule has 1 fully saturated rings. The third kappa shape index (κ3) is 4.01. The second-order valence-corrected chi connectivity index (χ2v) is 6.59. The van der Waals surface area contributed by atoms with E-state index in [4.69, 9.17) is 0 Å². The largest absolute Gasteiger partial charge is 0.310 e. The van der Waals surface area contributed by atoms with E-state index in [0.29, 0.717) is 6.04 Å². The molecule has 1 aromatic heterocycles. The van der Waals surface area contributed by atoms with Gasteiger partial charge in [-0.3, -0.25) is 14.7 Å². The fourth-order valence-corrected chi connectivity index (χ4v) is 3.44. The van der Waals surface area contributed by atoms with Crippen LogP contribution in [0.15, 0.2) is 48.8 Å². The Morgan fingerprint density at radius 1 is 1.12 bits per heavy atom. The fraction of sp³-hybridized carbons (Fsp3) is 0.400. The minimum Gasteiger partial charge on any atom is -0.310 e. The van der Waals surface area contributed by atoms with E-state index < -0.39 is 0 Å². The Balaban J connectivity index is 1.63. The van der Waals surface area contributed by atoms with Gasteiger partial charge in [0.05, 0.1) is 0 Å². The molecule has 4 nitrogen and oxygen atoms in total. The van der Waals surface area contributed by atoms with Gasteiger partial charge < -0.3 is 4.90 Å². The lowest BCUT2D eigenvalue weighted by molar-refractivity contribution is -0.117. The van der Waals surface area contributed by atoms with Crippen molar-refractivity contribution in [2.45, 2.75) is 39.3 Å². The fourth-order valence-electron chi connectivity index (χ4n) is 3.44. The second-order valence-electron chi connectivity index (χ2n) is 6.59. The molecule has 24 heavy (non-hydrogen) atoms. The number of aromatic nitrogens is 1. The first kappa shape index (κ1) is 16.7. The molecule has 0 saturated carbocycles. The van der Waals surface area contributed by atoms with Crippen LogP contribution >= 0.6 is 0 Å². The van der Waals surface area contributed by atoms with Gasteiger partial charge in [-0.2, -0.15) is 0 Å². The number of benzene rings is 1. The van der Waals surface area contributed by atoms with Crippen LogP contribution in [0.2, 0.25) is 0 Å². The number of pyridine rings is 1. The van der Waals surface area contributed by atoms with Crippen molar-refractivity contribution in [3.05, 3.63) is 59.9 Å². The summed E-state index contributed by atoms with van der Waals surface area (Å²) in [5.74, 6) is 0.131. The van der Waals surface area contributed by atoms with Crippen molar-refractivity contribution in [1.82, 2.24) is 9.88 Å². The Morgan fingerprint density at radius 3 is 2.33 bits per heavy atom. The minimum atomic E-state index is 0.131. The summed E-state index contributed by atoms with van der Waals surface area (Å²) in [6, 6.07) is 12.7. The second kappa shape index (κ2) is 7.58. The molecule has 0 radical (unpaired) electrons. The number of amides is 1. The highest BCUT2D eigenvalue weighted by Gasteiger charge is 2.27. The van der Waals surface area contributed by atoms with Gasteiger partial charge in [0.2, 0.25) is 5.91 Å². The van der Waals surface area contributed by atoms with E-state index in [1.54, 1.807) is 6.92 Å². The van der Waals surface area contributed by atoms with Crippen molar-refractivity contribution in [2.24, 2.45) is 0 Å². The first-order valence-electron chi connectivity index (χ1n) is 8.61. The van der Waals surface area contributed by atoms with Crippen LogP contribution in [0.5, 0.6) is 0 Å². The molecule has 0 unspecified atom stereocenters. The van der Waals surface area contributed by atoms with Gasteiger partial charge in [-0.15, -0.1) is 0 Å². The lowest BCUT2D eigenvalue weighted by Gasteiger charge is -2.38. The van der Waals surface area contributed by atoms with E-state index >= 15 is 0 Å². The van der Waals surface area contributed by atoms with E-state index in [1.165, 1.54) is 11.1 Å². The number of likely N-dealkylation sites (tertiary alicyclic amines) is 1. The predicted octanol–water partition coefficient (Wildman–Crippen LogP) is 3.41. The summed E-state index contributed by atoms with van der Waals surface area (Å²) in [7, 11) is 0. The Bertz CT molecular complexity index is 661. The van der Waals surface area contributed by atoms with Crippen molar-refractivity contribution in [2.75, 3.05) is 18.0 Å². The summed E-state index contributed by atoms with van der Waals surface area (Å²) in [5, 5.41) is 0. The molecule has 1 saturated heterocycles. The normalized spacial score (nSPS) is 16.1. The highest BCUT2D eigenvalue weighted by atomic mass is 16.2. The summed E-state index contributed by atoms with van der Waals surface area (Å²) in [4.78, 5) is 20.7. The average molecular weight is 323 g/mol. The van der Waals surface area contributed by atoms with Crippen LogP contribution in [-0.2, 0) is 11.3 Å². The zero-order valence-corrected chi connectivity index (χ0v) is 14.5. The maximum Gasteiger partial charge on any atom is 0.224 e. The lowest BCUT2D eigenvalue weighted by Crippen LogP contribution is -2.46. The Hall–Kier alpha value is -2.20. The summed E-state index contributed by atoms with van der Waals surface area (Å²) >= 11 is 0. The number of rotatable bonds is 4. The van der Waals surface area contributed by atoms with E-state index in [-0.39, 0.29) is 5.91 Å². The molecular weight excluding hydrogens is 298 g/mol. The van der Waals surface area contributed by atoms with Crippen LogP contribution < -0.4 is 4.90 Å². The highest BCUT2D eigenvalue weighted by molar-refractivity contribution is 5.92. The topological polar surface area (TPSA) is 36.4 Å². The summed E-state index contributed by atoms with van der Waals surface area (Å²) in [6.07, 6.45) is 5.71. The van der Waals surface area contributed by atoms with Gasteiger partial charge in [0, 0.05) is 50.7 Å². The molecule has 1 aliphatic heterocycles. The van der Waals surface area contributed by atoms with Gasteiger partial charge in [0.1, 0.15) is 0 Å². The van der Waals surface area contributed by atoms with Crippen LogP contribution in [0.1, 0.15) is 30.9 Å². The van der Waals surface area contributed by atoms with Gasteiger partial charge in [-0.25, -0.2) is 0 Å². The third-order valence-corrected chi connectivity index (χ3v) is 4.73. The van der Waals surface area contributed by atoms with Gasteiger partial charge in [-0.05, 0) is 49.6 Å². The van der Waals surface area contributed by atoms with Crippen LogP contribution in [0.4, 0.5) is 5.69 Å². The van der Waals surface area contributed by atoms with Crippen LogP contribution in [0.3, 0.4) is 0 Å². The maximum atomic E-state index is 12.2. The van der Waals surface area contributed by atoms with Crippen molar-refractivity contribution in [3.8, 4) is 0 Å². The average Bonchev–Trinajstić information content (AvgIpc) is 2.59. The van der Waals surface area contributed by atoms with Crippen LogP contribution in [0, 0.1) is 6.92 Å². The summed E-state index contributed by atoms with van der Waals surface area (Å²) < 4.78 is 0. The van der Waals surface area contributed by atoms with Gasteiger partial charge in [0.25, 0.3) is 0 Å². The van der Waals surface area contributed by atoms with Crippen molar-refractivity contribution in [1.29, 1.82) is 0 Å². The monoisotopic (exact) mass is 323 g/mol. The molecule has 0 aliphatic carbocycles.